The SMILES string of the molecule is CCCC(NC(=O)C1CCCC1)C(=O)O. The third-order valence-electron chi connectivity index (χ3n) is 2.92. The summed E-state index contributed by atoms with van der Waals surface area (Å²) in [5, 5.41) is 11.5. The summed E-state index contributed by atoms with van der Waals surface area (Å²) in [6, 6.07) is -0.705. The van der Waals surface area contributed by atoms with Crippen molar-refractivity contribution in [2.75, 3.05) is 0 Å². The Morgan fingerprint density at radius 2 is 2.00 bits per heavy atom. The number of hydrogen-bond acceptors (Lipinski definition) is 2. The highest BCUT2D eigenvalue weighted by molar-refractivity contribution is 5.85. The zero-order valence-electron chi connectivity index (χ0n) is 9.16. The molecule has 15 heavy (non-hydrogen) atoms. The number of carbonyl (C=O) groups is 2. The van der Waals surface area contributed by atoms with Crippen LogP contribution in [0.3, 0.4) is 0 Å². The van der Waals surface area contributed by atoms with Crippen LogP contribution in [0.5, 0.6) is 0 Å². The number of carboxylic acid groups (broad SMARTS) is 1. The van der Waals surface area contributed by atoms with Crippen molar-refractivity contribution in [2.24, 2.45) is 5.92 Å². The highest BCUT2D eigenvalue weighted by Crippen LogP contribution is 2.24. The van der Waals surface area contributed by atoms with Crippen molar-refractivity contribution in [3.8, 4) is 0 Å². The zero-order chi connectivity index (χ0) is 11.3. The summed E-state index contributed by atoms with van der Waals surface area (Å²) in [6.07, 6.45) is 5.26. The van der Waals surface area contributed by atoms with Crippen molar-refractivity contribution in [1.82, 2.24) is 5.32 Å². The van der Waals surface area contributed by atoms with Gasteiger partial charge in [0.1, 0.15) is 6.04 Å². The Kier molecular flexibility index (Phi) is 4.59. The van der Waals surface area contributed by atoms with Crippen LogP contribution in [0.2, 0.25) is 0 Å². The fourth-order valence-electron chi connectivity index (χ4n) is 2.02. The van der Waals surface area contributed by atoms with Gasteiger partial charge in [0.05, 0.1) is 0 Å². The molecule has 4 nitrogen and oxygen atoms in total. The lowest BCUT2D eigenvalue weighted by Crippen LogP contribution is -2.43. The molecule has 0 heterocycles. The van der Waals surface area contributed by atoms with E-state index in [1.807, 2.05) is 6.92 Å². The first kappa shape index (κ1) is 12.0. The summed E-state index contributed by atoms with van der Waals surface area (Å²) in [5.74, 6) is -0.958. The first-order valence-electron chi connectivity index (χ1n) is 5.68. The van der Waals surface area contributed by atoms with E-state index in [2.05, 4.69) is 5.32 Å². The van der Waals surface area contributed by atoms with E-state index in [9.17, 15) is 9.59 Å². The lowest BCUT2D eigenvalue weighted by Gasteiger charge is -2.16. The van der Waals surface area contributed by atoms with Crippen LogP contribution in [-0.2, 0) is 9.59 Å². The molecule has 0 spiro atoms. The van der Waals surface area contributed by atoms with Gasteiger partial charge in [-0.25, -0.2) is 4.79 Å². The molecule has 1 aliphatic rings. The maximum absolute atomic E-state index is 11.7. The van der Waals surface area contributed by atoms with Crippen LogP contribution >= 0.6 is 0 Å². The van der Waals surface area contributed by atoms with E-state index in [1.54, 1.807) is 0 Å². The first-order chi connectivity index (χ1) is 7.15. The molecule has 1 aliphatic carbocycles. The number of hydrogen-bond donors (Lipinski definition) is 2. The van der Waals surface area contributed by atoms with Gasteiger partial charge < -0.3 is 10.4 Å². The van der Waals surface area contributed by atoms with Gasteiger partial charge in [-0.05, 0) is 19.3 Å². The summed E-state index contributed by atoms with van der Waals surface area (Å²) in [6.45, 7) is 1.91. The van der Waals surface area contributed by atoms with Gasteiger partial charge in [0.25, 0.3) is 0 Å². The topological polar surface area (TPSA) is 66.4 Å². The lowest BCUT2D eigenvalue weighted by atomic mass is 10.1. The van der Waals surface area contributed by atoms with Crippen LogP contribution in [0.15, 0.2) is 0 Å². The van der Waals surface area contributed by atoms with Crippen molar-refractivity contribution in [3.63, 3.8) is 0 Å². The molecular formula is C11H19NO3. The van der Waals surface area contributed by atoms with Gasteiger partial charge in [-0.3, -0.25) is 4.79 Å². The minimum atomic E-state index is -0.928. The van der Waals surface area contributed by atoms with Gasteiger partial charge in [-0.2, -0.15) is 0 Å². The predicted octanol–water partition coefficient (Wildman–Crippen LogP) is 1.55. The molecule has 1 amide bonds. The van der Waals surface area contributed by atoms with E-state index < -0.39 is 12.0 Å². The number of amides is 1. The Morgan fingerprint density at radius 3 is 2.47 bits per heavy atom. The first-order valence-corrected chi connectivity index (χ1v) is 5.68. The van der Waals surface area contributed by atoms with Crippen LogP contribution in [-0.4, -0.2) is 23.0 Å². The van der Waals surface area contributed by atoms with E-state index in [-0.39, 0.29) is 11.8 Å². The molecule has 1 atom stereocenters. The second kappa shape index (κ2) is 5.73. The van der Waals surface area contributed by atoms with Gasteiger partial charge in [0, 0.05) is 5.92 Å². The molecule has 4 heteroatoms. The second-order valence-electron chi connectivity index (χ2n) is 4.17. The molecule has 0 saturated heterocycles. The highest BCUT2D eigenvalue weighted by atomic mass is 16.4. The lowest BCUT2D eigenvalue weighted by molar-refractivity contribution is -0.142. The summed E-state index contributed by atoms with van der Waals surface area (Å²) in [7, 11) is 0. The van der Waals surface area contributed by atoms with E-state index in [0.717, 1.165) is 32.1 Å². The van der Waals surface area contributed by atoms with Crippen LogP contribution < -0.4 is 5.32 Å². The Bertz CT molecular complexity index is 234. The molecule has 2 N–H and O–H groups in total. The van der Waals surface area contributed by atoms with E-state index in [4.69, 9.17) is 5.11 Å². The van der Waals surface area contributed by atoms with Gasteiger partial charge in [-0.15, -0.1) is 0 Å². The molecular weight excluding hydrogens is 194 g/mol. The molecule has 0 bridgehead atoms. The Labute approximate surface area is 90.0 Å². The maximum atomic E-state index is 11.7. The average molecular weight is 213 g/mol. The summed E-state index contributed by atoms with van der Waals surface area (Å²) in [5.41, 5.74) is 0. The molecule has 0 radical (unpaired) electrons. The molecule has 0 aromatic carbocycles. The van der Waals surface area contributed by atoms with E-state index in [1.165, 1.54) is 0 Å². The van der Waals surface area contributed by atoms with Crippen LogP contribution in [0.4, 0.5) is 0 Å². The summed E-state index contributed by atoms with van der Waals surface area (Å²) in [4.78, 5) is 22.5. The summed E-state index contributed by atoms with van der Waals surface area (Å²) >= 11 is 0. The van der Waals surface area contributed by atoms with Crippen molar-refractivity contribution < 1.29 is 14.7 Å². The zero-order valence-corrected chi connectivity index (χ0v) is 9.16. The van der Waals surface area contributed by atoms with Crippen molar-refractivity contribution in [1.29, 1.82) is 0 Å². The number of aliphatic carboxylic acids is 1. The van der Waals surface area contributed by atoms with Crippen LogP contribution in [0.25, 0.3) is 0 Å². The fraction of sp³-hybridized carbons (Fsp3) is 0.818. The van der Waals surface area contributed by atoms with Crippen molar-refractivity contribution in [3.05, 3.63) is 0 Å². The minimum Gasteiger partial charge on any atom is -0.480 e. The standard InChI is InChI=1S/C11H19NO3/c1-2-5-9(11(14)15)12-10(13)8-6-3-4-7-8/h8-9H,2-7H2,1H3,(H,12,13)(H,14,15). The smallest absolute Gasteiger partial charge is 0.326 e. The molecule has 0 aromatic heterocycles. The highest BCUT2D eigenvalue weighted by Gasteiger charge is 2.26. The van der Waals surface area contributed by atoms with Crippen LogP contribution in [0, 0.1) is 5.92 Å². The number of nitrogens with one attached hydrogen (secondary N) is 1. The second-order valence-corrected chi connectivity index (χ2v) is 4.17. The predicted molar refractivity (Wildman–Crippen MR) is 56.4 cm³/mol. The fourth-order valence-corrected chi connectivity index (χ4v) is 2.02. The van der Waals surface area contributed by atoms with E-state index >= 15 is 0 Å². The average Bonchev–Trinajstić information content (AvgIpc) is 2.69. The largest absolute Gasteiger partial charge is 0.480 e. The number of carbonyl (C=O) groups excluding carboxylic acids is 1. The van der Waals surface area contributed by atoms with Crippen molar-refractivity contribution >= 4 is 11.9 Å². The minimum absolute atomic E-state index is 0.0451. The van der Waals surface area contributed by atoms with E-state index in [0.29, 0.717) is 6.42 Å². The number of carboxylic acids is 1. The van der Waals surface area contributed by atoms with Gasteiger partial charge in [0.2, 0.25) is 5.91 Å². The van der Waals surface area contributed by atoms with Crippen LogP contribution in [0.1, 0.15) is 45.4 Å². The molecule has 1 unspecified atom stereocenters. The maximum Gasteiger partial charge on any atom is 0.326 e. The molecule has 86 valence electrons. The Hall–Kier alpha value is -1.06. The van der Waals surface area contributed by atoms with Gasteiger partial charge in [-0.1, -0.05) is 26.2 Å². The molecule has 1 fully saturated rings. The summed E-state index contributed by atoms with van der Waals surface area (Å²) < 4.78 is 0. The third kappa shape index (κ3) is 3.53. The molecule has 1 saturated carbocycles. The number of rotatable bonds is 5. The van der Waals surface area contributed by atoms with Crippen molar-refractivity contribution in [2.45, 2.75) is 51.5 Å². The molecule has 0 aliphatic heterocycles. The normalized spacial score (nSPS) is 18.7. The quantitative estimate of drug-likeness (QED) is 0.728. The third-order valence-corrected chi connectivity index (χ3v) is 2.92. The molecule has 0 aromatic rings. The monoisotopic (exact) mass is 213 g/mol. The Morgan fingerprint density at radius 1 is 1.40 bits per heavy atom. The Balaban J connectivity index is 2.42. The van der Waals surface area contributed by atoms with Gasteiger partial charge >= 0.3 is 5.97 Å². The van der Waals surface area contributed by atoms with Gasteiger partial charge in [0.15, 0.2) is 0 Å². The molecule has 1 rings (SSSR count).